The average molecular weight is 797 g/mol. The molecular formula is C56H40N6. The maximum atomic E-state index is 5.41. The maximum Gasteiger partial charge on any atom is 0.143 e. The molecule has 5 aromatic heterocycles. The molecule has 0 fully saturated rings. The lowest BCUT2D eigenvalue weighted by Crippen LogP contribution is -2.19. The molecule has 0 aliphatic heterocycles. The molecule has 0 N–H and O–H groups in total. The molecule has 13 aromatic rings. The van der Waals surface area contributed by atoms with Gasteiger partial charge < -0.3 is 9.13 Å². The molecule has 6 nitrogen and oxygen atoms in total. The van der Waals surface area contributed by atoms with Crippen molar-refractivity contribution >= 4 is 87.2 Å². The van der Waals surface area contributed by atoms with Crippen LogP contribution in [0, 0.1) is 0 Å². The molecule has 294 valence electrons. The van der Waals surface area contributed by atoms with E-state index in [0.29, 0.717) is 0 Å². The predicted molar refractivity (Wildman–Crippen MR) is 258 cm³/mol. The zero-order valence-electron chi connectivity index (χ0n) is 34.6. The van der Waals surface area contributed by atoms with Crippen LogP contribution in [0.3, 0.4) is 0 Å². The van der Waals surface area contributed by atoms with Crippen molar-refractivity contribution in [3.8, 4) is 23.0 Å². The lowest BCUT2D eigenvalue weighted by atomic mass is 9.96. The Kier molecular flexibility index (Phi) is 7.18. The molecule has 8 aromatic carbocycles. The standard InChI is InChI=1S/C56H40N6/c1-56(2,3)55-57-53(61-49-26-14-8-20-41(49)43-32-35(28-30-51(43)61)59-45-22-10-4-16-37(45)38-17-5-11-23-46(38)59)34-54(58-55)62-50-27-15-9-21-42(50)44-33-36(29-31-52(44)62)60-47-24-12-6-18-39(47)40-19-7-13-25-48(40)60/h4-34H,1-3H3. The minimum absolute atomic E-state index is 0.324. The molecule has 5 heterocycles. The van der Waals surface area contributed by atoms with E-state index in [4.69, 9.17) is 9.97 Å². The van der Waals surface area contributed by atoms with E-state index < -0.39 is 0 Å². The van der Waals surface area contributed by atoms with Gasteiger partial charge in [0.15, 0.2) is 0 Å². The number of benzene rings is 8. The summed E-state index contributed by atoms with van der Waals surface area (Å²) >= 11 is 0. The van der Waals surface area contributed by atoms with Crippen LogP contribution in [0.1, 0.15) is 26.6 Å². The zero-order valence-corrected chi connectivity index (χ0v) is 34.6. The fourth-order valence-electron chi connectivity index (χ4n) is 10.1. The lowest BCUT2D eigenvalue weighted by molar-refractivity contribution is 0.542. The zero-order chi connectivity index (χ0) is 41.3. The van der Waals surface area contributed by atoms with Gasteiger partial charge in [0, 0.05) is 65.9 Å². The summed E-state index contributed by atoms with van der Waals surface area (Å²) in [5.41, 5.74) is 11.1. The number of nitrogens with zero attached hydrogens (tertiary/aromatic N) is 6. The van der Waals surface area contributed by atoms with E-state index in [1.165, 1.54) is 65.2 Å². The van der Waals surface area contributed by atoms with E-state index in [0.717, 1.165) is 50.9 Å². The van der Waals surface area contributed by atoms with E-state index in [-0.39, 0.29) is 5.41 Å². The van der Waals surface area contributed by atoms with Gasteiger partial charge in [-0.3, -0.25) is 9.13 Å². The van der Waals surface area contributed by atoms with E-state index in [1.54, 1.807) is 0 Å². The smallest absolute Gasteiger partial charge is 0.143 e. The second kappa shape index (κ2) is 12.8. The van der Waals surface area contributed by atoms with Crippen molar-refractivity contribution in [2.24, 2.45) is 0 Å². The Labute approximate surface area is 357 Å². The number of rotatable bonds is 4. The molecule has 0 spiro atoms. The van der Waals surface area contributed by atoms with Crippen molar-refractivity contribution in [3.63, 3.8) is 0 Å². The second-order valence-corrected chi connectivity index (χ2v) is 17.5. The van der Waals surface area contributed by atoms with E-state index in [1.807, 2.05) is 0 Å². The topological polar surface area (TPSA) is 45.5 Å². The van der Waals surface area contributed by atoms with Crippen molar-refractivity contribution in [1.82, 2.24) is 28.2 Å². The molecule has 0 aliphatic carbocycles. The summed E-state index contributed by atoms with van der Waals surface area (Å²) in [6, 6.07) is 68.1. The Morgan fingerprint density at radius 3 is 0.887 bits per heavy atom. The third-order valence-electron chi connectivity index (χ3n) is 12.8. The Balaban J connectivity index is 1.04. The van der Waals surface area contributed by atoms with Crippen molar-refractivity contribution in [2.75, 3.05) is 0 Å². The van der Waals surface area contributed by atoms with Crippen LogP contribution in [0.15, 0.2) is 188 Å². The first-order valence-corrected chi connectivity index (χ1v) is 21.3. The first-order chi connectivity index (χ1) is 30.4. The Morgan fingerprint density at radius 2 is 0.565 bits per heavy atom. The quantitative estimate of drug-likeness (QED) is 0.178. The molecule has 0 aliphatic rings. The third-order valence-corrected chi connectivity index (χ3v) is 12.8. The van der Waals surface area contributed by atoms with Gasteiger partial charge in [-0.2, -0.15) is 0 Å². The summed E-state index contributed by atoms with van der Waals surface area (Å²) in [6.07, 6.45) is 0. The molecule has 0 atom stereocenters. The maximum absolute atomic E-state index is 5.41. The molecule has 0 radical (unpaired) electrons. The Hall–Kier alpha value is -7.96. The predicted octanol–water partition coefficient (Wildman–Crippen LogP) is 14.2. The minimum atomic E-state index is -0.324. The normalized spacial score (nSPS) is 12.4. The monoisotopic (exact) mass is 796 g/mol. The van der Waals surface area contributed by atoms with Crippen molar-refractivity contribution < 1.29 is 0 Å². The molecule has 0 unspecified atom stereocenters. The van der Waals surface area contributed by atoms with Gasteiger partial charge in [-0.25, -0.2) is 9.97 Å². The van der Waals surface area contributed by atoms with Crippen LogP contribution in [0.2, 0.25) is 0 Å². The molecule has 0 amide bonds. The van der Waals surface area contributed by atoms with Gasteiger partial charge in [0.2, 0.25) is 0 Å². The summed E-state index contributed by atoms with van der Waals surface area (Å²) in [4.78, 5) is 10.8. The number of fused-ring (bicyclic) bond motifs is 12. The van der Waals surface area contributed by atoms with Crippen molar-refractivity contribution in [1.29, 1.82) is 0 Å². The Bertz CT molecular complexity index is 3620. The van der Waals surface area contributed by atoms with Crippen LogP contribution < -0.4 is 0 Å². The van der Waals surface area contributed by atoms with Crippen LogP contribution in [0.25, 0.3) is 110 Å². The molecule has 0 saturated heterocycles. The SMILES string of the molecule is CC(C)(C)c1nc(-n2c3ccccc3c3cc(-n4c5ccccc5c5ccccc54)ccc32)cc(-n2c3ccccc3c3cc(-n4c5ccccc5c5ccccc54)ccc32)n1. The first kappa shape index (κ1) is 34.9. The van der Waals surface area contributed by atoms with Crippen LogP contribution >= 0.6 is 0 Å². The van der Waals surface area contributed by atoms with Crippen LogP contribution in [0.5, 0.6) is 0 Å². The summed E-state index contributed by atoms with van der Waals surface area (Å²) in [6.45, 7) is 6.59. The average Bonchev–Trinajstić information content (AvgIpc) is 4.03. The lowest BCUT2D eigenvalue weighted by Gasteiger charge is -2.20. The van der Waals surface area contributed by atoms with Crippen LogP contribution in [-0.4, -0.2) is 28.2 Å². The van der Waals surface area contributed by atoms with Crippen LogP contribution in [-0.2, 0) is 5.41 Å². The molecule has 62 heavy (non-hydrogen) atoms. The minimum Gasteiger partial charge on any atom is -0.309 e. The van der Waals surface area contributed by atoms with Gasteiger partial charge in [-0.05, 0) is 72.8 Å². The van der Waals surface area contributed by atoms with E-state index in [9.17, 15) is 0 Å². The largest absolute Gasteiger partial charge is 0.309 e. The molecule has 0 saturated carbocycles. The van der Waals surface area contributed by atoms with Crippen molar-refractivity contribution in [3.05, 3.63) is 194 Å². The summed E-state index contributed by atoms with van der Waals surface area (Å²) in [7, 11) is 0. The van der Waals surface area contributed by atoms with Crippen LogP contribution in [0.4, 0.5) is 0 Å². The number of aromatic nitrogens is 6. The van der Waals surface area contributed by atoms with Gasteiger partial charge in [-0.1, -0.05) is 130 Å². The fourth-order valence-corrected chi connectivity index (χ4v) is 10.1. The molecular weight excluding hydrogens is 757 g/mol. The van der Waals surface area contributed by atoms with Gasteiger partial charge >= 0.3 is 0 Å². The number of hydrogen-bond acceptors (Lipinski definition) is 2. The van der Waals surface area contributed by atoms with Gasteiger partial charge in [0.25, 0.3) is 0 Å². The second-order valence-electron chi connectivity index (χ2n) is 17.5. The number of hydrogen-bond donors (Lipinski definition) is 0. The van der Waals surface area contributed by atoms with E-state index >= 15 is 0 Å². The number of para-hydroxylation sites is 6. The highest BCUT2D eigenvalue weighted by molar-refractivity contribution is 6.14. The van der Waals surface area contributed by atoms with Crippen molar-refractivity contribution in [2.45, 2.75) is 26.2 Å². The van der Waals surface area contributed by atoms with Gasteiger partial charge in [0.05, 0.1) is 44.1 Å². The summed E-state index contributed by atoms with van der Waals surface area (Å²) in [5.74, 6) is 2.46. The Morgan fingerprint density at radius 1 is 0.290 bits per heavy atom. The van der Waals surface area contributed by atoms with Gasteiger partial charge in [-0.15, -0.1) is 0 Å². The molecule has 0 bridgehead atoms. The third kappa shape index (κ3) is 4.92. The molecule has 6 heteroatoms. The highest BCUT2D eigenvalue weighted by Crippen LogP contribution is 2.40. The van der Waals surface area contributed by atoms with E-state index in [2.05, 4.69) is 227 Å². The summed E-state index contributed by atoms with van der Waals surface area (Å²) < 4.78 is 9.45. The highest BCUT2D eigenvalue weighted by Gasteiger charge is 2.25. The fraction of sp³-hybridized carbons (Fsp3) is 0.0714. The first-order valence-electron chi connectivity index (χ1n) is 21.3. The highest BCUT2D eigenvalue weighted by atomic mass is 15.2. The summed E-state index contributed by atoms with van der Waals surface area (Å²) in [5, 5.41) is 9.71. The van der Waals surface area contributed by atoms with Gasteiger partial charge in [0.1, 0.15) is 17.5 Å². The molecule has 13 rings (SSSR count).